The monoisotopic (exact) mass is 302 g/mol. The number of aryl methyl sites for hydroxylation is 1. The predicted octanol–water partition coefficient (Wildman–Crippen LogP) is 1.36. The Morgan fingerprint density at radius 2 is 2.41 bits per heavy atom. The third-order valence-corrected chi connectivity index (χ3v) is 4.48. The molecule has 1 unspecified atom stereocenters. The smallest absolute Gasteiger partial charge is 0.271 e. The molecule has 0 saturated heterocycles. The minimum absolute atomic E-state index is 0.105. The number of rotatable bonds is 4. The second kappa shape index (κ2) is 5.96. The van der Waals surface area contributed by atoms with Crippen LogP contribution in [0.25, 0.3) is 0 Å². The van der Waals surface area contributed by atoms with Gasteiger partial charge in [0.05, 0.1) is 12.8 Å². The molecule has 6 nitrogen and oxygen atoms in total. The molecule has 0 fully saturated rings. The van der Waals surface area contributed by atoms with Crippen molar-refractivity contribution in [2.24, 2.45) is 7.05 Å². The van der Waals surface area contributed by atoms with Crippen LogP contribution < -0.4 is 5.32 Å². The van der Waals surface area contributed by atoms with Crippen molar-refractivity contribution in [2.75, 3.05) is 14.1 Å². The number of likely N-dealkylation sites (N-methyl/N-ethyl adjacent to an activating group) is 1. The van der Waals surface area contributed by atoms with Crippen LogP contribution in [0.2, 0.25) is 0 Å². The summed E-state index contributed by atoms with van der Waals surface area (Å²) in [6.07, 6.45) is 4.57. The van der Waals surface area contributed by atoms with Gasteiger partial charge in [0, 0.05) is 31.4 Å². The second-order valence-electron chi connectivity index (χ2n) is 5.87. The summed E-state index contributed by atoms with van der Waals surface area (Å²) in [4.78, 5) is 14.3. The van der Waals surface area contributed by atoms with Crippen LogP contribution in [-0.4, -0.2) is 40.7 Å². The minimum atomic E-state index is -0.105. The highest BCUT2D eigenvalue weighted by molar-refractivity contribution is 5.93. The van der Waals surface area contributed by atoms with E-state index in [2.05, 4.69) is 22.4 Å². The van der Waals surface area contributed by atoms with E-state index in [4.69, 9.17) is 4.42 Å². The summed E-state index contributed by atoms with van der Waals surface area (Å²) < 4.78 is 7.28. The lowest BCUT2D eigenvalue weighted by Crippen LogP contribution is -2.36. The van der Waals surface area contributed by atoms with E-state index in [1.54, 1.807) is 13.3 Å². The van der Waals surface area contributed by atoms with Crippen LogP contribution in [-0.2, 0) is 26.4 Å². The van der Waals surface area contributed by atoms with Crippen LogP contribution in [0, 0.1) is 0 Å². The molecule has 1 N–H and O–H groups in total. The minimum Gasteiger partial charge on any atom is -0.468 e. The molecule has 2 aromatic rings. The number of hydrogen-bond acceptors (Lipinski definition) is 4. The van der Waals surface area contributed by atoms with E-state index in [0.29, 0.717) is 11.7 Å². The number of fused-ring (bicyclic) bond motifs is 1. The molecule has 0 bridgehead atoms. The number of furan rings is 1. The summed E-state index contributed by atoms with van der Waals surface area (Å²) in [6, 6.07) is 4.29. The van der Waals surface area contributed by atoms with E-state index in [-0.39, 0.29) is 5.91 Å². The lowest BCUT2D eigenvalue weighted by Gasteiger charge is -2.31. The van der Waals surface area contributed by atoms with Gasteiger partial charge in [-0.05, 0) is 38.4 Å². The largest absolute Gasteiger partial charge is 0.468 e. The molecule has 0 saturated carbocycles. The number of amides is 1. The first-order valence-corrected chi connectivity index (χ1v) is 7.59. The van der Waals surface area contributed by atoms with Gasteiger partial charge in [0.2, 0.25) is 0 Å². The summed E-state index contributed by atoms with van der Waals surface area (Å²) in [5, 5.41) is 7.08. The van der Waals surface area contributed by atoms with Crippen molar-refractivity contribution in [3.05, 3.63) is 41.1 Å². The summed E-state index contributed by atoms with van der Waals surface area (Å²) >= 11 is 0. The van der Waals surface area contributed by atoms with E-state index in [1.807, 2.05) is 23.9 Å². The number of nitrogens with one attached hydrogen (secondary N) is 1. The van der Waals surface area contributed by atoms with Gasteiger partial charge < -0.3 is 9.73 Å². The van der Waals surface area contributed by atoms with Gasteiger partial charge >= 0.3 is 0 Å². The van der Waals surface area contributed by atoms with Crippen molar-refractivity contribution >= 4 is 5.91 Å². The maximum atomic E-state index is 12.0. The third-order valence-electron chi connectivity index (χ3n) is 4.48. The lowest BCUT2D eigenvalue weighted by atomic mass is 9.90. The first-order chi connectivity index (χ1) is 10.6. The van der Waals surface area contributed by atoms with E-state index in [1.165, 1.54) is 5.69 Å². The molecule has 1 aliphatic rings. The zero-order chi connectivity index (χ0) is 15.7. The van der Waals surface area contributed by atoms with Crippen LogP contribution in [0.4, 0.5) is 0 Å². The molecule has 0 aliphatic heterocycles. The zero-order valence-electron chi connectivity index (χ0n) is 13.3. The Morgan fingerprint density at radius 1 is 1.59 bits per heavy atom. The SMILES string of the molecule is CNC(=O)c1nn(C)c2c1CC(N(C)Cc1ccco1)CC2. The number of hydrogen-bond donors (Lipinski definition) is 1. The highest BCUT2D eigenvalue weighted by Gasteiger charge is 2.29. The number of carbonyl (C=O) groups excluding carboxylic acids is 1. The van der Waals surface area contributed by atoms with Gasteiger partial charge in [0.15, 0.2) is 5.69 Å². The average molecular weight is 302 g/mol. The molecule has 118 valence electrons. The van der Waals surface area contributed by atoms with Crippen molar-refractivity contribution in [3.63, 3.8) is 0 Å². The molecule has 3 rings (SSSR count). The highest BCUT2D eigenvalue weighted by Crippen LogP contribution is 2.27. The van der Waals surface area contributed by atoms with Crippen LogP contribution in [0.1, 0.15) is 33.9 Å². The van der Waals surface area contributed by atoms with Gasteiger partial charge in [0.25, 0.3) is 5.91 Å². The Hall–Kier alpha value is -2.08. The summed E-state index contributed by atoms with van der Waals surface area (Å²) in [6.45, 7) is 0.780. The summed E-state index contributed by atoms with van der Waals surface area (Å²) in [5.41, 5.74) is 2.83. The van der Waals surface area contributed by atoms with Crippen LogP contribution in [0.5, 0.6) is 0 Å². The van der Waals surface area contributed by atoms with Crippen molar-refractivity contribution in [1.29, 1.82) is 0 Å². The Kier molecular flexibility index (Phi) is 4.02. The third kappa shape index (κ3) is 2.66. The molecule has 1 amide bonds. The predicted molar refractivity (Wildman–Crippen MR) is 82.6 cm³/mol. The van der Waals surface area contributed by atoms with E-state index < -0.39 is 0 Å². The number of aromatic nitrogens is 2. The fraction of sp³-hybridized carbons (Fsp3) is 0.500. The maximum Gasteiger partial charge on any atom is 0.271 e. The number of nitrogens with zero attached hydrogens (tertiary/aromatic N) is 3. The Labute approximate surface area is 130 Å². The standard InChI is InChI=1S/C16H22N4O2/c1-17-16(21)15-13-9-11(6-7-14(13)20(3)18-15)19(2)10-12-5-4-8-22-12/h4-5,8,11H,6-7,9-10H2,1-3H3,(H,17,21). The second-order valence-corrected chi connectivity index (χ2v) is 5.87. The van der Waals surface area contributed by atoms with Crippen molar-refractivity contribution in [2.45, 2.75) is 31.8 Å². The quantitative estimate of drug-likeness (QED) is 0.926. The lowest BCUT2D eigenvalue weighted by molar-refractivity contribution is 0.0955. The molecule has 6 heteroatoms. The normalized spacial score (nSPS) is 17.5. The van der Waals surface area contributed by atoms with E-state index in [0.717, 1.165) is 37.1 Å². The molecule has 1 aliphatic carbocycles. The highest BCUT2D eigenvalue weighted by atomic mass is 16.3. The number of carbonyl (C=O) groups is 1. The van der Waals surface area contributed by atoms with Gasteiger partial charge in [-0.2, -0.15) is 5.10 Å². The molecule has 1 atom stereocenters. The molecule has 0 radical (unpaired) electrons. The molecular weight excluding hydrogens is 280 g/mol. The Morgan fingerprint density at radius 3 is 3.09 bits per heavy atom. The van der Waals surface area contributed by atoms with Gasteiger partial charge in [-0.25, -0.2) is 0 Å². The fourth-order valence-corrected chi connectivity index (χ4v) is 3.23. The molecule has 2 aromatic heterocycles. The van der Waals surface area contributed by atoms with Crippen molar-refractivity contribution in [1.82, 2.24) is 20.0 Å². The van der Waals surface area contributed by atoms with Gasteiger partial charge in [0.1, 0.15) is 5.76 Å². The summed E-state index contributed by atoms with van der Waals surface area (Å²) in [7, 11) is 5.67. The topological polar surface area (TPSA) is 63.3 Å². The summed E-state index contributed by atoms with van der Waals surface area (Å²) in [5.74, 6) is 0.859. The van der Waals surface area contributed by atoms with E-state index >= 15 is 0 Å². The van der Waals surface area contributed by atoms with E-state index in [9.17, 15) is 4.79 Å². The first kappa shape index (κ1) is 14.8. The zero-order valence-corrected chi connectivity index (χ0v) is 13.3. The fourth-order valence-electron chi connectivity index (χ4n) is 3.23. The van der Waals surface area contributed by atoms with Gasteiger partial charge in [-0.1, -0.05) is 0 Å². The first-order valence-electron chi connectivity index (χ1n) is 7.59. The van der Waals surface area contributed by atoms with Crippen LogP contribution in [0.15, 0.2) is 22.8 Å². The van der Waals surface area contributed by atoms with Crippen molar-refractivity contribution in [3.8, 4) is 0 Å². The molecule has 0 spiro atoms. The molecular formula is C16H22N4O2. The molecule has 2 heterocycles. The maximum absolute atomic E-state index is 12.0. The van der Waals surface area contributed by atoms with Crippen molar-refractivity contribution < 1.29 is 9.21 Å². The Bertz CT molecular complexity index is 660. The van der Waals surface area contributed by atoms with Gasteiger partial charge in [-0.15, -0.1) is 0 Å². The average Bonchev–Trinajstić information content (AvgIpc) is 3.14. The van der Waals surface area contributed by atoms with Crippen LogP contribution in [0.3, 0.4) is 0 Å². The van der Waals surface area contributed by atoms with Gasteiger partial charge in [-0.3, -0.25) is 14.4 Å². The van der Waals surface area contributed by atoms with Crippen LogP contribution >= 0.6 is 0 Å². The molecule has 22 heavy (non-hydrogen) atoms. The molecule has 0 aromatic carbocycles. The Balaban J connectivity index is 1.79.